The molecule has 78 valence electrons. The Morgan fingerprint density at radius 1 is 1.29 bits per heavy atom. The quantitative estimate of drug-likeness (QED) is 0.729. The van der Waals surface area contributed by atoms with Gasteiger partial charge in [0, 0.05) is 6.61 Å². The lowest BCUT2D eigenvalue weighted by Gasteiger charge is -2.11. The second-order valence-electron chi connectivity index (χ2n) is 3.50. The van der Waals surface area contributed by atoms with Crippen LogP contribution in [-0.2, 0) is 4.74 Å². The van der Waals surface area contributed by atoms with Gasteiger partial charge in [0.1, 0.15) is 6.10 Å². The Morgan fingerprint density at radius 2 is 1.93 bits per heavy atom. The van der Waals surface area contributed by atoms with E-state index in [2.05, 4.69) is 6.92 Å². The minimum Gasteiger partial charge on any atom is -0.386 e. The molecule has 0 aromatic heterocycles. The molecular formula is C12H18O2. The fourth-order valence-corrected chi connectivity index (χ4v) is 1.22. The van der Waals surface area contributed by atoms with E-state index >= 15 is 0 Å². The van der Waals surface area contributed by atoms with E-state index in [-0.39, 0.29) is 0 Å². The normalized spacial score (nSPS) is 12.8. The van der Waals surface area contributed by atoms with Gasteiger partial charge < -0.3 is 9.84 Å². The van der Waals surface area contributed by atoms with Gasteiger partial charge in [-0.3, -0.25) is 0 Å². The standard InChI is InChI=1S/C12H18O2/c1-3-8-14-9-12(13)11-6-4-10(2)5-7-11/h4-7,12-13H,3,8-9H2,1-2H3. The van der Waals surface area contributed by atoms with E-state index < -0.39 is 6.10 Å². The number of hydrogen-bond donors (Lipinski definition) is 1. The highest BCUT2D eigenvalue weighted by Gasteiger charge is 2.06. The van der Waals surface area contributed by atoms with Gasteiger partial charge in [0.05, 0.1) is 6.61 Å². The van der Waals surface area contributed by atoms with Crippen molar-refractivity contribution < 1.29 is 9.84 Å². The SMILES string of the molecule is CCCOCC(O)c1ccc(C)cc1. The molecule has 0 amide bonds. The van der Waals surface area contributed by atoms with Crippen LogP contribution in [0.5, 0.6) is 0 Å². The van der Waals surface area contributed by atoms with E-state index in [0.717, 1.165) is 12.0 Å². The second kappa shape index (κ2) is 5.78. The molecule has 0 aliphatic heterocycles. The fourth-order valence-electron chi connectivity index (χ4n) is 1.22. The third kappa shape index (κ3) is 3.48. The molecule has 0 radical (unpaired) electrons. The summed E-state index contributed by atoms with van der Waals surface area (Å²) in [5, 5.41) is 9.71. The van der Waals surface area contributed by atoms with E-state index in [0.29, 0.717) is 13.2 Å². The molecule has 0 heterocycles. The minimum atomic E-state index is -0.498. The molecule has 2 nitrogen and oxygen atoms in total. The van der Waals surface area contributed by atoms with Crippen LogP contribution < -0.4 is 0 Å². The van der Waals surface area contributed by atoms with E-state index in [1.807, 2.05) is 31.2 Å². The predicted octanol–water partition coefficient (Wildman–Crippen LogP) is 2.46. The molecule has 1 unspecified atom stereocenters. The smallest absolute Gasteiger partial charge is 0.102 e. The van der Waals surface area contributed by atoms with Crippen molar-refractivity contribution in [3.8, 4) is 0 Å². The number of rotatable bonds is 5. The van der Waals surface area contributed by atoms with Gasteiger partial charge in [-0.05, 0) is 18.9 Å². The third-order valence-corrected chi connectivity index (χ3v) is 2.09. The maximum atomic E-state index is 9.71. The van der Waals surface area contributed by atoms with Crippen LogP contribution in [-0.4, -0.2) is 18.3 Å². The van der Waals surface area contributed by atoms with Gasteiger partial charge in [-0.2, -0.15) is 0 Å². The summed E-state index contributed by atoms with van der Waals surface area (Å²) in [6.45, 7) is 5.18. The summed E-state index contributed by atoms with van der Waals surface area (Å²) in [6.07, 6.45) is 0.489. The number of aliphatic hydroxyl groups excluding tert-OH is 1. The zero-order valence-electron chi connectivity index (χ0n) is 8.86. The summed E-state index contributed by atoms with van der Waals surface area (Å²) >= 11 is 0. The number of benzene rings is 1. The Bertz CT molecular complexity index is 254. The average molecular weight is 194 g/mol. The maximum absolute atomic E-state index is 9.71. The summed E-state index contributed by atoms with van der Waals surface area (Å²) in [5.41, 5.74) is 2.13. The molecule has 0 aliphatic rings. The van der Waals surface area contributed by atoms with Gasteiger partial charge in [-0.25, -0.2) is 0 Å². The fraction of sp³-hybridized carbons (Fsp3) is 0.500. The first-order chi connectivity index (χ1) is 6.74. The van der Waals surface area contributed by atoms with Crippen molar-refractivity contribution in [1.29, 1.82) is 0 Å². The Morgan fingerprint density at radius 3 is 2.50 bits per heavy atom. The highest BCUT2D eigenvalue weighted by molar-refractivity contribution is 5.22. The Balaban J connectivity index is 2.43. The van der Waals surface area contributed by atoms with Gasteiger partial charge in [-0.1, -0.05) is 36.8 Å². The van der Waals surface area contributed by atoms with Gasteiger partial charge in [0.25, 0.3) is 0 Å². The van der Waals surface area contributed by atoms with Gasteiger partial charge in [-0.15, -0.1) is 0 Å². The van der Waals surface area contributed by atoms with Crippen LogP contribution in [0.2, 0.25) is 0 Å². The second-order valence-corrected chi connectivity index (χ2v) is 3.50. The van der Waals surface area contributed by atoms with Crippen LogP contribution in [0.15, 0.2) is 24.3 Å². The van der Waals surface area contributed by atoms with Crippen LogP contribution >= 0.6 is 0 Å². The summed E-state index contributed by atoms with van der Waals surface area (Å²) < 4.78 is 5.28. The van der Waals surface area contributed by atoms with Gasteiger partial charge in [0.2, 0.25) is 0 Å². The molecule has 1 aromatic carbocycles. The minimum absolute atomic E-state index is 0.386. The Labute approximate surface area is 85.5 Å². The van der Waals surface area contributed by atoms with Crippen molar-refractivity contribution >= 4 is 0 Å². The van der Waals surface area contributed by atoms with Crippen molar-refractivity contribution in [2.45, 2.75) is 26.4 Å². The first kappa shape index (κ1) is 11.2. The molecule has 1 N–H and O–H groups in total. The van der Waals surface area contributed by atoms with E-state index in [1.165, 1.54) is 5.56 Å². The maximum Gasteiger partial charge on any atom is 0.102 e. The number of ether oxygens (including phenoxy) is 1. The number of hydrogen-bond acceptors (Lipinski definition) is 2. The summed E-state index contributed by atoms with van der Waals surface area (Å²) in [5.74, 6) is 0. The summed E-state index contributed by atoms with van der Waals surface area (Å²) in [7, 11) is 0. The topological polar surface area (TPSA) is 29.5 Å². The van der Waals surface area contributed by atoms with E-state index in [9.17, 15) is 5.11 Å². The lowest BCUT2D eigenvalue weighted by atomic mass is 10.1. The van der Waals surface area contributed by atoms with E-state index in [1.54, 1.807) is 0 Å². The first-order valence-electron chi connectivity index (χ1n) is 5.06. The highest BCUT2D eigenvalue weighted by atomic mass is 16.5. The molecule has 1 rings (SSSR count). The highest BCUT2D eigenvalue weighted by Crippen LogP contribution is 2.13. The monoisotopic (exact) mass is 194 g/mol. The van der Waals surface area contributed by atoms with Crippen molar-refractivity contribution in [3.63, 3.8) is 0 Å². The largest absolute Gasteiger partial charge is 0.386 e. The summed E-state index contributed by atoms with van der Waals surface area (Å²) in [6, 6.07) is 7.88. The Hall–Kier alpha value is -0.860. The number of aryl methyl sites for hydroxylation is 1. The molecule has 0 saturated heterocycles. The molecule has 0 bridgehead atoms. The van der Waals surface area contributed by atoms with E-state index in [4.69, 9.17) is 4.74 Å². The molecule has 0 spiro atoms. The third-order valence-electron chi connectivity index (χ3n) is 2.09. The van der Waals surface area contributed by atoms with Gasteiger partial charge in [0.15, 0.2) is 0 Å². The van der Waals surface area contributed by atoms with Crippen molar-refractivity contribution in [1.82, 2.24) is 0 Å². The summed E-state index contributed by atoms with van der Waals surface area (Å²) in [4.78, 5) is 0. The molecule has 2 heteroatoms. The van der Waals surface area contributed by atoms with Crippen LogP contribution in [0, 0.1) is 6.92 Å². The van der Waals surface area contributed by atoms with Gasteiger partial charge >= 0.3 is 0 Å². The average Bonchev–Trinajstić information content (AvgIpc) is 2.19. The Kier molecular flexibility index (Phi) is 4.63. The molecule has 14 heavy (non-hydrogen) atoms. The van der Waals surface area contributed by atoms with Crippen molar-refractivity contribution in [2.75, 3.05) is 13.2 Å². The zero-order chi connectivity index (χ0) is 10.4. The lowest BCUT2D eigenvalue weighted by Crippen LogP contribution is -2.07. The zero-order valence-corrected chi connectivity index (χ0v) is 8.86. The van der Waals surface area contributed by atoms with Crippen LogP contribution in [0.3, 0.4) is 0 Å². The van der Waals surface area contributed by atoms with Crippen LogP contribution in [0.25, 0.3) is 0 Å². The number of aliphatic hydroxyl groups is 1. The molecular weight excluding hydrogens is 176 g/mol. The molecule has 0 fully saturated rings. The van der Waals surface area contributed by atoms with Crippen LogP contribution in [0.1, 0.15) is 30.6 Å². The molecule has 1 atom stereocenters. The first-order valence-corrected chi connectivity index (χ1v) is 5.06. The molecule has 0 saturated carbocycles. The predicted molar refractivity (Wildman–Crippen MR) is 57.2 cm³/mol. The molecule has 1 aromatic rings. The van der Waals surface area contributed by atoms with Crippen molar-refractivity contribution in [2.24, 2.45) is 0 Å². The lowest BCUT2D eigenvalue weighted by molar-refractivity contribution is 0.0364. The van der Waals surface area contributed by atoms with Crippen molar-refractivity contribution in [3.05, 3.63) is 35.4 Å². The van der Waals surface area contributed by atoms with Crippen LogP contribution in [0.4, 0.5) is 0 Å². The molecule has 0 aliphatic carbocycles.